The molecule has 1 atom stereocenters. The van der Waals surface area contributed by atoms with E-state index in [0.29, 0.717) is 58.2 Å². The van der Waals surface area contributed by atoms with E-state index in [1.165, 1.54) is 0 Å². The van der Waals surface area contributed by atoms with E-state index >= 15 is 0 Å². The van der Waals surface area contributed by atoms with Crippen LogP contribution in [-0.4, -0.2) is 30.0 Å². The average molecular weight is 507 g/mol. The van der Waals surface area contributed by atoms with Crippen LogP contribution in [0.4, 0.5) is 0 Å². The number of ether oxygens (including phenoxy) is 4. The smallest absolute Gasteiger partial charge is 0.312 e. The molecule has 0 saturated carbocycles. The molecular weight excluding hydrogens is 486 g/mol. The number of fused-ring (bicyclic) bond motifs is 5. The second kappa shape index (κ2) is 8.34. The third-order valence-electron chi connectivity index (χ3n) is 7.05. The zero-order chi connectivity index (χ0) is 26.0. The lowest BCUT2D eigenvalue weighted by Crippen LogP contribution is -2.26. The highest BCUT2D eigenvalue weighted by molar-refractivity contribution is 6.15. The van der Waals surface area contributed by atoms with E-state index in [1.54, 1.807) is 36.4 Å². The van der Waals surface area contributed by atoms with Gasteiger partial charge in [-0.2, -0.15) is 0 Å². The molecule has 0 amide bonds. The number of esters is 1. The van der Waals surface area contributed by atoms with Crippen molar-refractivity contribution in [3.63, 3.8) is 0 Å². The minimum absolute atomic E-state index is 0.0529. The Labute approximate surface area is 216 Å². The van der Waals surface area contributed by atoms with Crippen molar-refractivity contribution in [2.75, 3.05) is 13.2 Å². The van der Waals surface area contributed by atoms with E-state index in [9.17, 15) is 14.4 Å². The van der Waals surface area contributed by atoms with Crippen LogP contribution in [0, 0.1) is 6.92 Å². The molecule has 1 aromatic heterocycles. The molecule has 7 rings (SSSR count). The third-order valence-corrected chi connectivity index (χ3v) is 7.05. The summed E-state index contributed by atoms with van der Waals surface area (Å²) in [4.78, 5) is 42.0. The Morgan fingerprint density at radius 3 is 2.55 bits per heavy atom. The van der Waals surface area contributed by atoms with Gasteiger partial charge in [0.2, 0.25) is 5.78 Å². The van der Waals surface area contributed by atoms with Gasteiger partial charge in [-0.05, 0) is 65.9 Å². The minimum atomic E-state index is -0.642. The Bertz CT molecular complexity index is 1780. The summed E-state index contributed by atoms with van der Waals surface area (Å²) in [5, 5.41) is 0.842. The highest BCUT2D eigenvalue weighted by Crippen LogP contribution is 2.48. The summed E-state index contributed by atoms with van der Waals surface area (Å²) in [6.07, 6.45) is 1.59. The second-order valence-corrected chi connectivity index (χ2v) is 9.57. The number of carbonyl (C=O) groups excluding carboxylic acids is 2. The number of aromatic amines is 1. The van der Waals surface area contributed by atoms with Crippen LogP contribution in [0.3, 0.4) is 0 Å². The van der Waals surface area contributed by atoms with E-state index in [-0.39, 0.29) is 29.3 Å². The molecule has 1 N–H and O–H groups in total. The number of Topliss-reactive ketones (excluding diaryl/α,β-unsaturated/α-hetero) is 1. The molecular formula is C30H21NO7. The van der Waals surface area contributed by atoms with Crippen molar-refractivity contribution in [3.05, 3.63) is 98.5 Å². The van der Waals surface area contributed by atoms with Gasteiger partial charge in [0, 0.05) is 22.6 Å². The SMILES string of the molecule is Cc1ccc2cc([C@H]3CC(=O)Oc4ccc5c(c43)O/C(=C\c3ccc4c(c3)OCCO4)C5=O)c(=O)[nH]c2c1. The average Bonchev–Trinajstić information content (AvgIpc) is 3.22. The summed E-state index contributed by atoms with van der Waals surface area (Å²) in [6.45, 7) is 2.89. The van der Waals surface area contributed by atoms with Gasteiger partial charge in [0.05, 0.1) is 12.0 Å². The monoisotopic (exact) mass is 507 g/mol. The largest absolute Gasteiger partial charge is 0.486 e. The summed E-state index contributed by atoms with van der Waals surface area (Å²) in [5.74, 6) is 0.566. The number of hydrogen-bond donors (Lipinski definition) is 1. The summed E-state index contributed by atoms with van der Waals surface area (Å²) < 4.78 is 22.9. The lowest BCUT2D eigenvalue weighted by atomic mass is 9.84. The van der Waals surface area contributed by atoms with Gasteiger partial charge in [-0.3, -0.25) is 14.4 Å². The Hall–Kier alpha value is -4.85. The maximum absolute atomic E-state index is 13.3. The molecule has 0 fully saturated rings. The molecule has 0 unspecified atom stereocenters. The van der Waals surface area contributed by atoms with Crippen molar-refractivity contribution < 1.29 is 28.5 Å². The lowest BCUT2D eigenvalue weighted by molar-refractivity contribution is -0.135. The summed E-state index contributed by atoms with van der Waals surface area (Å²) in [7, 11) is 0. The molecule has 8 nitrogen and oxygen atoms in total. The van der Waals surface area contributed by atoms with Gasteiger partial charge in [0.25, 0.3) is 5.56 Å². The molecule has 0 aliphatic carbocycles. The fraction of sp³-hybridized carbons (Fsp3) is 0.167. The van der Waals surface area contributed by atoms with Crippen molar-refractivity contribution in [1.82, 2.24) is 4.98 Å². The molecule has 0 spiro atoms. The number of pyridine rings is 1. The van der Waals surface area contributed by atoms with Gasteiger partial charge in [0.15, 0.2) is 17.3 Å². The number of benzene rings is 3. The predicted molar refractivity (Wildman–Crippen MR) is 138 cm³/mol. The van der Waals surface area contributed by atoms with Crippen molar-refractivity contribution in [3.8, 4) is 23.0 Å². The number of allylic oxidation sites excluding steroid dienone is 1. The topological polar surface area (TPSA) is 104 Å². The van der Waals surface area contributed by atoms with E-state index < -0.39 is 11.9 Å². The van der Waals surface area contributed by atoms with Crippen LogP contribution in [0.5, 0.6) is 23.0 Å². The Balaban J connectivity index is 1.33. The fourth-order valence-corrected chi connectivity index (χ4v) is 5.26. The van der Waals surface area contributed by atoms with Crippen LogP contribution in [0.1, 0.15) is 45.0 Å². The molecule has 0 saturated heterocycles. The molecule has 0 bridgehead atoms. The quantitative estimate of drug-likeness (QED) is 0.239. The number of aryl methyl sites for hydroxylation is 1. The van der Waals surface area contributed by atoms with E-state index in [2.05, 4.69) is 4.98 Å². The number of aromatic nitrogens is 1. The fourth-order valence-electron chi connectivity index (χ4n) is 5.26. The molecule has 38 heavy (non-hydrogen) atoms. The van der Waals surface area contributed by atoms with Crippen LogP contribution in [0.25, 0.3) is 17.0 Å². The Morgan fingerprint density at radius 2 is 1.68 bits per heavy atom. The standard InChI is InChI=1S/C30H21NO7/c1-15-2-4-17-13-20(30(34)31-21(17)10-15)19-14-26(32)37-23-7-5-18-28(33)25(38-29(18)27(19)23)12-16-3-6-22-24(11-16)36-9-8-35-22/h2-7,10-13,19H,8-9,14H2,1H3,(H,31,34)/b25-12-/t19-/m1/s1. The minimum Gasteiger partial charge on any atom is -0.486 e. The number of carbonyl (C=O) groups is 2. The van der Waals surface area contributed by atoms with Crippen LogP contribution in [-0.2, 0) is 4.79 Å². The summed E-state index contributed by atoms with van der Waals surface area (Å²) in [5.41, 5.74) is 3.42. The third kappa shape index (κ3) is 3.56. The van der Waals surface area contributed by atoms with Gasteiger partial charge in [-0.1, -0.05) is 18.2 Å². The van der Waals surface area contributed by atoms with Crippen molar-refractivity contribution in [2.24, 2.45) is 0 Å². The van der Waals surface area contributed by atoms with Crippen molar-refractivity contribution in [2.45, 2.75) is 19.3 Å². The first-order valence-corrected chi connectivity index (χ1v) is 12.3. The molecule has 8 heteroatoms. The van der Waals surface area contributed by atoms with Gasteiger partial charge in [-0.25, -0.2) is 0 Å². The van der Waals surface area contributed by atoms with Gasteiger partial charge in [-0.15, -0.1) is 0 Å². The normalized spacial score (nSPS) is 18.7. The van der Waals surface area contributed by atoms with Gasteiger partial charge < -0.3 is 23.9 Å². The number of hydrogen-bond acceptors (Lipinski definition) is 7. The maximum atomic E-state index is 13.3. The number of ketones is 1. The lowest BCUT2D eigenvalue weighted by Gasteiger charge is -2.26. The van der Waals surface area contributed by atoms with Crippen LogP contribution < -0.4 is 24.5 Å². The first kappa shape index (κ1) is 22.4. The summed E-state index contributed by atoms with van der Waals surface area (Å²) >= 11 is 0. The molecule has 3 aromatic carbocycles. The van der Waals surface area contributed by atoms with E-state index in [1.807, 2.05) is 31.2 Å². The van der Waals surface area contributed by atoms with E-state index in [4.69, 9.17) is 18.9 Å². The highest BCUT2D eigenvalue weighted by Gasteiger charge is 2.39. The van der Waals surface area contributed by atoms with Gasteiger partial charge >= 0.3 is 5.97 Å². The number of rotatable bonds is 2. The van der Waals surface area contributed by atoms with Crippen molar-refractivity contribution in [1.29, 1.82) is 0 Å². The molecule has 4 aromatic rings. The zero-order valence-corrected chi connectivity index (χ0v) is 20.3. The van der Waals surface area contributed by atoms with E-state index in [0.717, 1.165) is 10.9 Å². The zero-order valence-electron chi connectivity index (χ0n) is 20.3. The number of nitrogens with one attached hydrogen (secondary N) is 1. The van der Waals surface area contributed by atoms with Crippen LogP contribution in [0.15, 0.2) is 65.2 Å². The molecule has 4 heterocycles. The molecule has 188 valence electrons. The first-order valence-electron chi connectivity index (χ1n) is 12.3. The Morgan fingerprint density at radius 1 is 0.868 bits per heavy atom. The molecule has 3 aliphatic heterocycles. The van der Waals surface area contributed by atoms with Crippen LogP contribution in [0.2, 0.25) is 0 Å². The molecule has 0 radical (unpaired) electrons. The Kier molecular flexibility index (Phi) is 4.91. The van der Waals surface area contributed by atoms with Gasteiger partial charge in [0.1, 0.15) is 24.7 Å². The summed E-state index contributed by atoms with van der Waals surface area (Å²) in [6, 6.07) is 16.2. The number of H-pyrrole nitrogens is 1. The maximum Gasteiger partial charge on any atom is 0.312 e. The molecule has 3 aliphatic rings. The second-order valence-electron chi connectivity index (χ2n) is 9.57. The van der Waals surface area contributed by atoms with Crippen molar-refractivity contribution >= 4 is 28.7 Å². The highest BCUT2D eigenvalue weighted by atomic mass is 16.6. The predicted octanol–water partition coefficient (Wildman–Crippen LogP) is 4.66. The first-order chi connectivity index (χ1) is 18.4. The van der Waals surface area contributed by atoms with Crippen LogP contribution >= 0.6 is 0 Å².